The van der Waals surface area contributed by atoms with Crippen LogP contribution in [0.4, 0.5) is 15.8 Å². The van der Waals surface area contributed by atoms with E-state index in [0.29, 0.717) is 11.0 Å². The van der Waals surface area contributed by atoms with E-state index in [-0.39, 0.29) is 10.6 Å². The number of fused-ring (bicyclic) bond motifs is 1. The van der Waals surface area contributed by atoms with Gasteiger partial charge in [-0.1, -0.05) is 0 Å². The van der Waals surface area contributed by atoms with Gasteiger partial charge in [0.1, 0.15) is 5.82 Å². The Bertz CT molecular complexity index is 1190. The predicted octanol–water partition coefficient (Wildman–Crippen LogP) is 2.12. The molecule has 1 aromatic heterocycles. The van der Waals surface area contributed by atoms with E-state index in [9.17, 15) is 17.6 Å². The van der Waals surface area contributed by atoms with E-state index in [4.69, 9.17) is 4.63 Å². The lowest BCUT2D eigenvalue weighted by molar-refractivity contribution is 0.102. The van der Waals surface area contributed by atoms with Crippen LogP contribution < -0.4 is 14.9 Å². The number of amides is 1. The standard InChI is InChI=1S/C18H18FN5O4S/c1-20-29(26,27)11-4-5-13(19)12(10-11)18(25)21-14-6-7-15(24-8-2-3-9-24)17-16(14)22-28-23-17/h4-7,10,20H,2-3,8-9H2,1H3,(H,21,25). The number of hydrogen-bond donors (Lipinski definition) is 2. The number of hydrogen-bond acceptors (Lipinski definition) is 7. The average Bonchev–Trinajstić information content (AvgIpc) is 3.40. The van der Waals surface area contributed by atoms with Gasteiger partial charge in [-0.05, 0) is 60.5 Å². The minimum Gasteiger partial charge on any atom is -0.370 e. The maximum Gasteiger partial charge on any atom is 0.258 e. The number of rotatable bonds is 5. The molecule has 29 heavy (non-hydrogen) atoms. The molecule has 2 N–H and O–H groups in total. The van der Waals surface area contributed by atoms with Crippen LogP contribution in [0.15, 0.2) is 39.9 Å². The summed E-state index contributed by atoms with van der Waals surface area (Å²) in [7, 11) is -2.59. The Kier molecular flexibility index (Phi) is 4.92. The highest BCUT2D eigenvalue weighted by Gasteiger charge is 2.22. The van der Waals surface area contributed by atoms with E-state index in [0.717, 1.165) is 49.8 Å². The second-order valence-electron chi connectivity index (χ2n) is 6.59. The second kappa shape index (κ2) is 7.41. The van der Waals surface area contributed by atoms with Crippen molar-refractivity contribution in [1.82, 2.24) is 15.0 Å². The Balaban J connectivity index is 1.67. The van der Waals surface area contributed by atoms with Crippen LogP contribution >= 0.6 is 0 Å². The highest BCUT2D eigenvalue weighted by atomic mass is 32.2. The highest BCUT2D eigenvalue weighted by Crippen LogP contribution is 2.32. The van der Waals surface area contributed by atoms with E-state index in [1.165, 1.54) is 7.05 Å². The van der Waals surface area contributed by atoms with Gasteiger partial charge in [-0.15, -0.1) is 0 Å². The largest absolute Gasteiger partial charge is 0.370 e. The summed E-state index contributed by atoms with van der Waals surface area (Å²) in [4.78, 5) is 14.6. The Morgan fingerprint density at radius 2 is 1.86 bits per heavy atom. The first-order valence-corrected chi connectivity index (χ1v) is 10.4. The zero-order chi connectivity index (χ0) is 20.6. The zero-order valence-corrected chi connectivity index (χ0v) is 16.3. The maximum atomic E-state index is 14.2. The van der Waals surface area contributed by atoms with Gasteiger partial charge in [0.25, 0.3) is 5.91 Å². The summed E-state index contributed by atoms with van der Waals surface area (Å²) in [5, 5.41) is 10.4. The molecular weight excluding hydrogens is 401 g/mol. The van der Waals surface area contributed by atoms with Gasteiger partial charge in [0.05, 0.1) is 21.8 Å². The number of nitrogens with one attached hydrogen (secondary N) is 2. The van der Waals surface area contributed by atoms with Crippen molar-refractivity contribution in [2.75, 3.05) is 30.4 Å². The van der Waals surface area contributed by atoms with Crippen LogP contribution in [0.3, 0.4) is 0 Å². The lowest BCUT2D eigenvalue weighted by Crippen LogP contribution is -2.21. The number of anilines is 2. The van der Waals surface area contributed by atoms with Crippen molar-refractivity contribution in [3.05, 3.63) is 41.7 Å². The number of nitrogens with zero attached hydrogens (tertiary/aromatic N) is 3. The van der Waals surface area contributed by atoms with Gasteiger partial charge in [-0.2, -0.15) is 0 Å². The first-order chi connectivity index (χ1) is 13.9. The number of aromatic nitrogens is 2. The molecule has 1 saturated heterocycles. The normalized spacial score (nSPS) is 14.5. The van der Waals surface area contributed by atoms with E-state index < -0.39 is 27.3 Å². The van der Waals surface area contributed by atoms with Crippen LogP contribution in [0.5, 0.6) is 0 Å². The maximum absolute atomic E-state index is 14.2. The van der Waals surface area contributed by atoms with E-state index in [1.54, 1.807) is 12.1 Å². The van der Waals surface area contributed by atoms with Gasteiger partial charge in [-0.3, -0.25) is 4.79 Å². The van der Waals surface area contributed by atoms with Gasteiger partial charge >= 0.3 is 0 Å². The second-order valence-corrected chi connectivity index (χ2v) is 8.48. The van der Waals surface area contributed by atoms with Crippen LogP contribution in [0.2, 0.25) is 0 Å². The number of sulfonamides is 1. The minimum absolute atomic E-state index is 0.218. The molecule has 0 unspecified atom stereocenters. The Morgan fingerprint density at radius 3 is 2.59 bits per heavy atom. The summed E-state index contributed by atoms with van der Waals surface area (Å²) in [6.45, 7) is 1.79. The molecule has 4 rings (SSSR count). The van der Waals surface area contributed by atoms with Gasteiger partial charge < -0.3 is 10.2 Å². The molecule has 9 nitrogen and oxygen atoms in total. The van der Waals surface area contributed by atoms with Gasteiger partial charge in [-0.25, -0.2) is 22.2 Å². The van der Waals surface area contributed by atoms with Gasteiger partial charge in [0, 0.05) is 13.1 Å². The third-order valence-corrected chi connectivity index (χ3v) is 6.26. The molecule has 2 heterocycles. The summed E-state index contributed by atoms with van der Waals surface area (Å²) in [5.74, 6) is -1.66. The number of carbonyl (C=O) groups excluding carboxylic acids is 1. The van der Waals surface area contributed by atoms with E-state index in [2.05, 4.69) is 25.3 Å². The zero-order valence-electron chi connectivity index (χ0n) is 15.5. The third kappa shape index (κ3) is 3.54. The molecule has 0 saturated carbocycles. The Morgan fingerprint density at radius 1 is 1.14 bits per heavy atom. The molecule has 1 aliphatic heterocycles. The van der Waals surface area contributed by atoms with Crippen molar-refractivity contribution in [3.63, 3.8) is 0 Å². The molecule has 0 atom stereocenters. The topological polar surface area (TPSA) is 117 Å². The summed E-state index contributed by atoms with van der Waals surface area (Å²) in [5.41, 5.74) is 1.56. The molecule has 1 aliphatic rings. The fourth-order valence-corrected chi connectivity index (χ4v) is 4.08. The summed E-state index contributed by atoms with van der Waals surface area (Å²) in [6, 6.07) is 6.44. The molecule has 0 aliphatic carbocycles. The molecule has 2 aromatic carbocycles. The number of benzene rings is 2. The van der Waals surface area contributed by atoms with Crippen molar-refractivity contribution in [1.29, 1.82) is 0 Å². The Labute approximate surface area is 165 Å². The first kappa shape index (κ1) is 19.3. The van der Waals surface area contributed by atoms with Crippen LogP contribution in [-0.2, 0) is 10.0 Å². The third-order valence-electron chi connectivity index (χ3n) is 4.85. The molecule has 0 radical (unpaired) electrons. The minimum atomic E-state index is -3.82. The summed E-state index contributed by atoms with van der Waals surface area (Å²) in [6.07, 6.45) is 2.16. The van der Waals surface area contributed by atoms with Crippen LogP contribution in [0.1, 0.15) is 23.2 Å². The molecular formula is C18H18FN5O4S. The van der Waals surface area contributed by atoms with Crippen LogP contribution in [0, 0.1) is 5.82 Å². The lowest BCUT2D eigenvalue weighted by atomic mass is 10.1. The average molecular weight is 419 g/mol. The predicted molar refractivity (Wildman–Crippen MR) is 104 cm³/mol. The van der Waals surface area contributed by atoms with E-state index in [1.807, 2.05) is 0 Å². The highest BCUT2D eigenvalue weighted by molar-refractivity contribution is 7.89. The molecule has 0 bridgehead atoms. The quantitative estimate of drug-likeness (QED) is 0.650. The lowest BCUT2D eigenvalue weighted by Gasteiger charge is -2.18. The molecule has 152 valence electrons. The SMILES string of the molecule is CNS(=O)(=O)c1ccc(F)c(C(=O)Nc2ccc(N3CCCC3)c3nonc23)c1. The fourth-order valence-electron chi connectivity index (χ4n) is 3.32. The van der Waals surface area contributed by atoms with Crippen molar-refractivity contribution >= 4 is 38.3 Å². The van der Waals surface area contributed by atoms with Crippen molar-refractivity contribution in [3.8, 4) is 0 Å². The molecule has 3 aromatic rings. The van der Waals surface area contributed by atoms with E-state index >= 15 is 0 Å². The smallest absolute Gasteiger partial charge is 0.258 e. The summed E-state index contributed by atoms with van der Waals surface area (Å²) >= 11 is 0. The molecule has 1 amide bonds. The van der Waals surface area contributed by atoms with Gasteiger partial charge in [0.2, 0.25) is 10.0 Å². The van der Waals surface area contributed by atoms with Crippen LogP contribution in [-0.4, -0.2) is 44.8 Å². The van der Waals surface area contributed by atoms with Gasteiger partial charge in [0.15, 0.2) is 11.0 Å². The number of carbonyl (C=O) groups is 1. The molecule has 11 heteroatoms. The van der Waals surface area contributed by atoms with Crippen molar-refractivity contribution in [2.24, 2.45) is 0 Å². The number of halogens is 1. The first-order valence-electron chi connectivity index (χ1n) is 8.95. The van der Waals surface area contributed by atoms with Crippen molar-refractivity contribution in [2.45, 2.75) is 17.7 Å². The molecule has 1 fully saturated rings. The summed E-state index contributed by atoms with van der Waals surface area (Å²) < 4.78 is 45.1. The van der Waals surface area contributed by atoms with Crippen LogP contribution in [0.25, 0.3) is 11.0 Å². The van der Waals surface area contributed by atoms with Crippen molar-refractivity contribution < 1.29 is 22.2 Å². The fraction of sp³-hybridized carbons (Fsp3) is 0.278. The molecule has 0 spiro atoms. The monoisotopic (exact) mass is 419 g/mol. The Hall–Kier alpha value is -3.05.